The lowest BCUT2D eigenvalue weighted by atomic mass is 10.2. The van der Waals surface area contributed by atoms with E-state index in [1.165, 1.54) is 6.07 Å². The summed E-state index contributed by atoms with van der Waals surface area (Å²) in [5.41, 5.74) is 1.16. The van der Waals surface area contributed by atoms with Gasteiger partial charge in [-0.25, -0.2) is 13.6 Å². The van der Waals surface area contributed by atoms with E-state index in [0.29, 0.717) is 13.1 Å². The molecule has 0 saturated carbocycles. The Morgan fingerprint density at radius 1 is 1.00 bits per heavy atom. The van der Waals surface area contributed by atoms with Gasteiger partial charge in [0.15, 0.2) is 11.6 Å². The van der Waals surface area contributed by atoms with Crippen LogP contribution < -0.4 is 15.0 Å². The summed E-state index contributed by atoms with van der Waals surface area (Å²) >= 11 is 0. The largest absolute Gasteiger partial charge is 0.492 e. The molecule has 3 rings (SSSR count). The minimum atomic E-state index is -0.956. The second-order valence-electron chi connectivity index (χ2n) is 5.97. The molecule has 0 bridgehead atoms. The maximum Gasteiger partial charge on any atom is 0.317 e. The van der Waals surface area contributed by atoms with Crippen molar-refractivity contribution in [3.8, 4) is 5.75 Å². The fourth-order valence-electron chi connectivity index (χ4n) is 2.81. The highest BCUT2D eigenvalue weighted by Crippen LogP contribution is 2.16. The Morgan fingerprint density at radius 3 is 2.42 bits per heavy atom. The molecule has 0 spiro atoms. The fourth-order valence-corrected chi connectivity index (χ4v) is 2.81. The number of nitrogens with zero attached hydrogens (tertiary/aromatic N) is 2. The summed E-state index contributed by atoms with van der Waals surface area (Å²) in [7, 11) is 0. The van der Waals surface area contributed by atoms with E-state index in [1.807, 2.05) is 18.2 Å². The molecule has 0 unspecified atom stereocenters. The second kappa shape index (κ2) is 8.51. The van der Waals surface area contributed by atoms with Crippen LogP contribution in [0.4, 0.5) is 19.3 Å². The van der Waals surface area contributed by atoms with E-state index in [-0.39, 0.29) is 24.9 Å². The highest BCUT2D eigenvalue weighted by atomic mass is 19.2. The molecule has 1 fully saturated rings. The van der Waals surface area contributed by atoms with E-state index in [4.69, 9.17) is 4.74 Å². The topological polar surface area (TPSA) is 44.8 Å². The summed E-state index contributed by atoms with van der Waals surface area (Å²) in [6.07, 6.45) is 0. The van der Waals surface area contributed by atoms with E-state index in [2.05, 4.69) is 22.3 Å². The Labute approximate surface area is 151 Å². The Hall–Kier alpha value is -2.83. The number of nitrogens with one attached hydrogen (secondary N) is 1. The zero-order chi connectivity index (χ0) is 18.4. The van der Waals surface area contributed by atoms with Crippen LogP contribution in [0.1, 0.15) is 0 Å². The van der Waals surface area contributed by atoms with E-state index < -0.39 is 11.6 Å². The molecule has 1 aliphatic rings. The van der Waals surface area contributed by atoms with Crippen LogP contribution in [-0.2, 0) is 0 Å². The number of halogens is 2. The second-order valence-corrected chi connectivity index (χ2v) is 5.97. The van der Waals surface area contributed by atoms with Crippen molar-refractivity contribution in [2.24, 2.45) is 0 Å². The van der Waals surface area contributed by atoms with Crippen molar-refractivity contribution in [1.29, 1.82) is 0 Å². The van der Waals surface area contributed by atoms with Crippen LogP contribution in [0.25, 0.3) is 0 Å². The molecule has 0 atom stereocenters. The van der Waals surface area contributed by atoms with Crippen LogP contribution in [0, 0.1) is 11.6 Å². The van der Waals surface area contributed by atoms with Crippen LogP contribution in [-0.4, -0.2) is 50.3 Å². The van der Waals surface area contributed by atoms with E-state index in [0.717, 1.165) is 30.9 Å². The zero-order valence-corrected chi connectivity index (χ0v) is 14.3. The molecular weight excluding hydrogens is 340 g/mol. The van der Waals surface area contributed by atoms with Crippen LogP contribution in [0.2, 0.25) is 0 Å². The van der Waals surface area contributed by atoms with Crippen molar-refractivity contribution in [2.45, 2.75) is 0 Å². The SMILES string of the molecule is O=C(NCCOc1ccc(F)c(F)c1)N1CCN(c2ccccc2)CC1. The van der Waals surface area contributed by atoms with Crippen molar-refractivity contribution >= 4 is 11.7 Å². The highest BCUT2D eigenvalue weighted by Gasteiger charge is 2.20. The minimum Gasteiger partial charge on any atom is -0.492 e. The summed E-state index contributed by atoms with van der Waals surface area (Å²) in [5, 5.41) is 2.78. The normalized spacial score (nSPS) is 14.2. The van der Waals surface area contributed by atoms with Gasteiger partial charge in [0.05, 0.1) is 6.54 Å². The fraction of sp³-hybridized carbons (Fsp3) is 0.316. The molecule has 138 valence electrons. The number of hydrogen-bond acceptors (Lipinski definition) is 3. The first-order valence-electron chi connectivity index (χ1n) is 8.54. The number of piperazine rings is 1. The van der Waals surface area contributed by atoms with E-state index in [9.17, 15) is 13.6 Å². The van der Waals surface area contributed by atoms with E-state index >= 15 is 0 Å². The van der Waals surface area contributed by atoms with Gasteiger partial charge in [0.25, 0.3) is 0 Å². The molecule has 0 aliphatic carbocycles. The maximum atomic E-state index is 13.1. The highest BCUT2D eigenvalue weighted by molar-refractivity contribution is 5.74. The van der Waals surface area contributed by atoms with E-state index in [1.54, 1.807) is 4.90 Å². The third-order valence-electron chi connectivity index (χ3n) is 4.23. The molecule has 0 radical (unpaired) electrons. The number of para-hydroxylation sites is 1. The van der Waals surface area contributed by atoms with Gasteiger partial charge < -0.3 is 19.9 Å². The zero-order valence-electron chi connectivity index (χ0n) is 14.3. The Kier molecular flexibility index (Phi) is 5.88. The summed E-state index contributed by atoms with van der Waals surface area (Å²) in [6, 6.07) is 13.3. The number of amides is 2. The lowest BCUT2D eigenvalue weighted by molar-refractivity contribution is 0.191. The first kappa shape index (κ1) is 18.0. The lowest BCUT2D eigenvalue weighted by Gasteiger charge is -2.36. The standard InChI is InChI=1S/C19H21F2N3O2/c20-17-7-6-16(14-18(17)21)26-13-8-22-19(25)24-11-9-23(10-12-24)15-4-2-1-3-5-15/h1-7,14H,8-13H2,(H,22,25). The molecule has 1 saturated heterocycles. The first-order chi connectivity index (χ1) is 12.6. The molecule has 26 heavy (non-hydrogen) atoms. The van der Waals surface area contributed by atoms with Gasteiger partial charge in [-0.1, -0.05) is 18.2 Å². The summed E-state index contributed by atoms with van der Waals surface area (Å²) in [5.74, 6) is -1.64. The number of ether oxygens (including phenoxy) is 1. The molecule has 7 heteroatoms. The summed E-state index contributed by atoms with van der Waals surface area (Å²) in [4.78, 5) is 16.2. The number of carbonyl (C=O) groups is 1. The maximum absolute atomic E-state index is 13.1. The number of anilines is 1. The molecule has 1 N–H and O–H groups in total. The predicted molar refractivity (Wildman–Crippen MR) is 95.5 cm³/mol. The molecule has 1 heterocycles. The molecule has 2 aromatic carbocycles. The van der Waals surface area contributed by atoms with Crippen molar-refractivity contribution in [1.82, 2.24) is 10.2 Å². The Bertz CT molecular complexity index is 735. The van der Waals surface area contributed by atoms with Gasteiger partial charge in [-0.2, -0.15) is 0 Å². The van der Waals surface area contributed by atoms with Gasteiger partial charge in [-0.3, -0.25) is 0 Å². The van der Waals surface area contributed by atoms with Crippen LogP contribution in [0.15, 0.2) is 48.5 Å². The third kappa shape index (κ3) is 4.62. The summed E-state index contributed by atoms with van der Waals surface area (Å²) < 4.78 is 31.2. The number of rotatable bonds is 5. The number of benzene rings is 2. The van der Waals surface area contributed by atoms with Crippen LogP contribution in [0.3, 0.4) is 0 Å². The molecule has 2 amide bonds. The van der Waals surface area contributed by atoms with Crippen LogP contribution >= 0.6 is 0 Å². The average Bonchev–Trinajstić information content (AvgIpc) is 2.68. The summed E-state index contributed by atoms with van der Waals surface area (Å²) in [6.45, 7) is 3.32. The average molecular weight is 361 g/mol. The first-order valence-corrected chi connectivity index (χ1v) is 8.54. The Morgan fingerprint density at radius 2 is 1.73 bits per heavy atom. The van der Waals surface area contributed by atoms with Crippen molar-refractivity contribution < 1.29 is 18.3 Å². The van der Waals surface area contributed by atoms with Crippen molar-refractivity contribution in [2.75, 3.05) is 44.2 Å². The third-order valence-corrected chi connectivity index (χ3v) is 4.23. The van der Waals surface area contributed by atoms with Gasteiger partial charge in [-0.05, 0) is 24.3 Å². The van der Waals surface area contributed by atoms with Gasteiger partial charge >= 0.3 is 6.03 Å². The number of urea groups is 1. The molecule has 0 aromatic heterocycles. The predicted octanol–water partition coefficient (Wildman–Crippen LogP) is 2.88. The number of hydrogen-bond donors (Lipinski definition) is 1. The monoisotopic (exact) mass is 361 g/mol. The molecule has 1 aliphatic heterocycles. The number of carbonyl (C=O) groups excluding carboxylic acids is 1. The smallest absolute Gasteiger partial charge is 0.317 e. The quantitative estimate of drug-likeness (QED) is 0.833. The van der Waals surface area contributed by atoms with Crippen molar-refractivity contribution in [3.63, 3.8) is 0 Å². The molecule has 5 nitrogen and oxygen atoms in total. The Balaban J connectivity index is 1.37. The van der Waals surface area contributed by atoms with Crippen LogP contribution in [0.5, 0.6) is 5.75 Å². The van der Waals surface area contributed by atoms with Gasteiger partial charge in [0.2, 0.25) is 0 Å². The van der Waals surface area contributed by atoms with Gasteiger partial charge in [0, 0.05) is 37.9 Å². The lowest BCUT2D eigenvalue weighted by Crippen LogP contribution is -2.52. The molecule has 2 aromatic rings. The van der Waals surface area contributed by atoms with Gasteiger partial charge in [-0.15, -0.1) is 0 Å². The molecular formula is C19H21F2N3O2. The minimum absolute atomic E-state index is 0.147. The van der Waals surface area contributed by atoms with Crippen molar-refractivity contribution in [3.05, 3.63) is 60.2 Å². The van der Waals surface area contributed by atoms with Gasteiger partial charge in [0.1, 0.15) is 12.4 Å².